The van der Waals surface area contributed by atoms with Gasteiger partial charge in [-0.15, -0.1) is 0 Å². The van der Waals surface area contributed by atoms with Crippen LogP contribution in [0.25, 0.3) is 22.2 Å². The molecule has 7 nitrogen and oxygen atoms in total. The lowest BCUT2D eigenvalue weighted by Crippen LogP contribution is -2.25. The van der Waals surface area contributed by atoms with E-state index in [1.807, 2.05) is 11.0 Å². The van der Waals surface area contributed by atoms with Gasteiger partial charge in [0.2, 0.25) is 5.91 Å². The topological polar surface area (TPSA) is 83.9 Å². The smallest absolute Gasteiger partial charge is 0.228 e. The molecule has 1 aliphatic heterocycles. The molecule has 3 aromatic rings. The van der Waals surface area contributed by atoms with Gasteiger partial charge in [0.25, 0.3) is 0 Å². The first-order chi connectivity index (χ1) is 14.6. The van der Waals surface area contributed by atoms with Crippen molar-refractivity contribution in [1.29, 1.82) is 0 Å². The van der Waals surface area contributed by atoms with Crippen LogP contribution in [0.5, 0.6) is 0 Å². The minimum Gasteiger partial charge on any atom is -0.439 e. The van der Waals surface area contributed by atoms with E-state index in [0.717, 1.165) is 42.1 Å². The number of carbonyl (C=O) groups is 1. The molecule has 1 atom stereocenters. The van der Waals surface area contributed by atoms with Gasteiger partial charge in [0.05, 0.1) is 17.9 Å². The van der Waals surface area contributed by atoms with Gasteiger partial charge in [0.1, 0.15) is 12.4 Å². The van der Waals surface area contributed by atoms with E-state index in [9.17, 15) is 9.18 Å². The molecule has 0 bridgehead atoms. The summed E-state index contributed by atoms with van der Waals surface area (Å²) < 4.78 is 19.0. The van der Waals surface area contributed by atoms with Crippen LogP contribution in [0.2, 0.25) is 0 Å². The summed E-state index contributed by atoms with van der Waals surface area (Å²) in [4.78, 5) is 27.9. The Hall–Kier alpha value is -3.03. The fourth-order valence-corrected chi connectivity index (χ4v) is 4.26. The summed E-state index contributed by atoms with van der Waals surface area (Å²) in [6.07, 6.45) is 10.2. The zero-order chi connectivity index (χ0) is 20.7. The molecule has 1 unspecified atom stereocenters. The van der Waals surface area contributed by atoms with Crippen LogP contribution in [0.3, 0.4) is 0 Å². The van der Waals surface area contributed by atoms with Gasteiger partial charge >= 0.3 is 0 Å². The third-order valence-corrected chi connectivity index (χ3v) is 6.02. The van der Waals surface area contributed by atoms with Crippen molar-refractivity contribution in [2.45, 2.75) is 45.1 Å². The van der Waals surface area contributed by atoms with Crippen molar-refractivity contribution in [3.63, 3.8) is 0 Å². The number of oxazole rings is 1. The van der Waals surface area contributed by atoms with Crippen LogP contribution < -0.4 is 10.2 Å². The zero-order valence-corrected chi connectivity index (χ0v) is 16.9. The quantitative estimate of drug-likeness (QED) is 0.634. The Kier molecular flexibility index (Phi) is 4.84. The van der Waals surface area contributed by atoms with Gasteiger partial charge in [-0.1, -0.05) is 19.3 Å². The fraction of sp³-hybridized carbons (Fsp3) is 0.455. The summed E-state index contributed by atoms with van der Waals surface area (Å²) >= 11 is 0. The second kappa shape index (κ2) is 7.66. The number of hydrogen-bond donors (Lipinski definition) is 1. The maximum Gasteiger partial charge on any atom is 0.228 e. The Balaban J connectivity index is 1.55. The molecule has 1 aliphatic carbocycles. The van der Waals surface area contributed by atoms with E-state index < -0.39 is 6.67 Å². The molecule has 5 rings (SSSR count). The number of amides is 1. The third-order valence-electron chi connectivity index (χ3n) is 6.02. The largest absolute Gasteiger partial charge is 0.439 e. The number of aryl methyl sites for hydroxylation is 1. The Morgan fingerprint density at radius 1 is 1.20 bits per heavy atom. The van der Waals surface area contributed by atoms with Crippen LogP contribution >= 0.6 is 0 Å². The number of halogens is 1. The second-order valence-electron chi connectivity index (χ2n) is 8.14. The van der Waals surface area contributed by atoms with Crippen LogP contribution in [0, 0.1) is 12.8 Å². The minimum absolute atomic E-state index is 0.00147. The fourth-order valence-electron chi connectivity index (χ4n) is 4.26. The number of nitrogens with zero attached hydrogens (tertiary/aromatic N) is 4. The lowest BCUT2D eigenvalue weighted by molar-refractivity contribution is -0.120. The average molecular weight is 409 g/mol. The number of nitrogens with one attached hydrogen (secondary N) is 1. The van der Waals surface area contributed by atoms with Crippen molar-refractivity contribution < 1.29 is 13.6 Å². The highest BCUT2D eigenvalue weighted by molar-refractivity contribution is 6.05. The lowest BCUT2D eigenvalue weighted by atomic mass is 9.88. The van der Waals surface area contributed by atoms with E-state index >= 15 is 0 Å². The van der Waals surface area contributed by atoms with Crippen LogP contribution in [-0.4, -0.2) is 40.1 Å². The van der Waals surface area contributed by atoms with Gasteiger partial charge in [-0.05, 0) is 18.9 Å². The van der Waals surface area contributed by atoms with Crippen molar-refractivity contribution in [2.75, 3.05) is 23.4 Å². The monoisotopic (exact) mass is 409 g/mol. The normalized spacial score (nSPS) is 19.3. The summed E-state index contributed by atoms with van der Waals surface area (Å²) in [5.41, 5.74) is 1.39. The maximum absolute atomic E-state index is 13.4. The molecule has 1 amide bonds. The number of fused-ring (bicyclic) bond motifs is 1. The summed E-state index contributed by atoms with van der Waals surface area (Å²) in [5.74, 6) is 1.63. The molecule has 1 N–H and O–H groups in total. The van der Waals surface area contributed by atoms with Gasteiger partial charge in [-0.25, -0.2) is 14.4 Å². The molecule has 0 aromatic carbocycles. The highest BCUT2D eigenvalue weighted by atomic mass is 19.1. The molecule has 1 saturated heterocycles. The van der Waals surface area contributed by atoms with Gasteiger partial charge < -0.3 is 14.6 Å². The van der Waals surface area contributed by atoms with Crippen molar-refractivity contribution in [3.8, 4) is 11.5 Å². The Morgan fingerprint density at radius 3 is 2.70 bits per heavy atom. The van der Waals surface area contributed by atoms with E-state index in [-0.39, 0.29) is 17.9 Å². The first kappa shape index (κ1) is 19.0. The number of aromatic nitrogens is 3. The molecule has 2 fully saturated rings. The summed E-state index contributed by atoms with van der Waals surface area (Å²) in [7, 11) is 0. The molecule has 4 heterocycles. The van der Waals surface area contributed by atoms with E-state index in [2.05, 4.69) is 20.3 Å². The van der Waals surface area contributed by atoms with E-state index in [0.29, 0.717) is 29.7 Å². The summed E-state index contributed by atoms with van der Waals surface area (Å²) in [6, 6.07) is 1.71. The molecule has 30 heavy (non-hydrogen) atoms. The lowest BCUT2D eigenvalue weighted by Gasteiger charge is -2.22. The van der Waals surface area contributed by atoms with E-state index in [1.54, 1.807) is 25.5 Å². The molecular weight excluding hydrogens is 385 g/mol. The highest BCUT2D eigenvalue weighted by Crippen LogP contribution is 2.41. The molecule has 8 heteroatoms. The van der Waals surface area contributed by atoms with Crippen LogP contribution in [-0.2, 0) is 4.79 Å². The number of hydrogen-bond acceptors (Lipinski definition) is 6. The van der Waals surface area contributed by atoms with Gasteiger partial charge in [0, 0.05) is 42.6 Å². The van der Waals surface area contributed by atoms with Gasteiger partial charge in [-0.3, -0.25) is 9.78 Å². The predicted octanol–water partition coefficient (Wildman–Crippen LogP) is 4.27. The van der Waals surface area contributed by atoms with E-state index in [1.165, 1.54) is 6.42 Å². The SMILES string of the molecule is Cc1ncc(-c2cc3c(N4CC4CF)c(NC(=O)C4CCCCC4)ncc3cn2)o1. The minimum atomic E-state index is -0.439. The highest BCUT2D eigenvalue weighted by Gasteiger charge is 2.38. The van der Waals surface area contributed by atoms with E-state index in [4.69, 9.17) is 4.42 Å². The Bertz CT molecular complexity index is 1090. The van der Waals surface area contributed by atoms with Crippen molar-refractivity contribution in [3.05, 3.63) is 30.5 Å². The molecular formula is C22H24FN5O2. The van der Waals surface area contributed by atoms with Crippen LogP contribution in [0.1, 0.15) is 38.0 Å². The number of carbonyl (C=O) groups excluding carboxylic acids is 1. The standard InChI is InChI=1S/C22H24FN5O2/c1-13-24-11-19(30-13)18-7-17-15(9-25-18)10-26-21(20(17)28-12-16(28)8-23)27-22(29)14-5-3-2-4-6-14/h7,9-11,14,16H,2-6,8,12H2,1H3,(H,26,27,29). The molecule has 0 radical (unpaired) electrons. The predicted molar refractivity (Wildman–Crippen MR) is 112 cm³/mol. The second-order valence-corrected chi connectivity index (χ2v) is 8.14. The zero-order valence-electron chi connectivity index (χ0n) is 16.9. The van der Waals surface area contributed by atoms with Gasteiger partial charge in [0.15, 0.2) is 17.5 Å². The van der Waals surface area contributed by atoms with Crippen molar-refractivity contribution >= 4 is 28.2 Å². The Labute approximate surface area is 173 Å². The van der Waals surface area contributed by atoms with Crippen LogP contribution in [0.15, 0.2) is 29.1 Å². The molecule has 3 aromatic heterocycles. The average Bonchev–Trinajstić information content (AvgIpc) is 3.43. The summed E-state index contributed by atoms with van der Waals surface area (Å²) in [6.45, 7) is 1.94. The maximum atomic E-state index is 13.4. The Morgan fingerprint density at radius 2 is 2.00 bits per heavy atom. The number of anilines is 2. The van der Waals surface area contributed by atoms with Crippen molar-refractivity contribution in [1.82, 2.24) is 15.0 Å². The molecule has 0 spiro atoms. The van der Waals surface area contributed by atoms with Gasteiger partial charge in [-0.2, -0.15) is 0 Å². The number of rotatable bonds is 5. The first-order valence-electron chi connectivity index (χ1n) is 10.5. The molecule has 2 aliphatic rings. The first-order valence-corrected chi connectivity index (χ1v) is 10.5. The third kappa shape index (κ3) is 3.51. The summed E-state index contributed by atoms with van der Waals surface area (Å²) in [5, 5.41) is 4.72. The number of pyridine rings is 2. The van der Waals surface area contributed by atoms with Crippen molar-refractivity contribution in [2.24, 2.45) is 5.92 Å². The number of alkyl halides is 1. The van der Waals surface area contributed by atoms with Crippen LogP contribution in [0.4, 0.5) is 15.9 Å². The molecule has 156 valence electrons. The molecule has 1 saturated carbocycles.